The molecule has 0 rings (SSSR count). The zero-order chi connectivity index (χ0) is 44.6. The van der Waals surface area contributed by atoms with E-state index in [4.69, 9.17) is 19.3 Å². The molecule has 0 fully saturated rings. The van der Waals surface area contributed by atoms with Crippen LogP contribution < -0.4 is 5.32 Å². The molecule has 0 saturated heterocycles. The Morgan fingerprint density at radius 2 is 0.850 bits per heavy atom. The molecule has 0 heterocycles. The summed E-state index contributed by atoms with van der Waals surface area (Å²) in [5.41, 5.74) is -0.350. The number of ether oxygens (including phenoxy) is 3. The second kappa shape index (κ2) is 48.8. The Morgan fingerprint density at radius 3 is 1.20 bits per heavy atom. The fourth-order valence-corrected chi connectivity index (χ4v) is 7.84. The molecule has 2 N–H and O–H groups in total. The van der Waals surface area contributed by atoms with Crippen LogP contribution in [0.25, 0.3) is 0 Å². The number of carbonyl (C=O) groups is 2. The largest absolute Gasteiger partial charge is 0.462 e. The van der Waals surface area contributed by atoms with Crippen molar-refractivity contribution in [2.75, 3.05) is 33.5 Å². The molecule has 0 spiro atoms. The smallest absolute Gasteiger partial charge is 0.306 e. The number of amides is 1. The Labute approximate surface area is 375 Å². The first kappa shape index (κ1) is 60.9. The lowest BCUT2D eigenvalue weighted by Gasteiger charge is -2.25. The maximum absolute atomic E-state index is 12.9. The Kier molecular flexibility index (Phi) is 49.6. The molecule has 0 radical (unpaired) electrons. The molecule has 0 aromatic rings. The minimum atomic E-state index is -0.350. The van der Waals surface area contributed by atoms with Crippen LogP contribution in [0.2, 0.25) is 0 Å². The van der Waals surface area contributed by atoms with Gasteiger partial charge in [0, 0.05) is 26.7 Å². The standard InChI is InChI=1S/C52H103NO5.CH4O/c1-7-9-11-13-15-17-19-21-23-25-27-29-31-33-35-37-39-49(40-38-36-34-32-30-28-26-24-22-20-18-16-14-12-10-8-2)58-51(55)42-41-50(54)53-44-46-56-47-52(5,6)57-45-43-48(3)4;1-2/h48-49H,7-47H2,1-6H3,(H,53,54);2H,1H3. The average Bonchev–Trinajstić information content (AvgIpc) is 3.22. The molecular formula is C53H107NO6. The summed E-state index contributed by atoms with van der Waals surface area (Å²) in [6.45, 7) is 15.1. The van der Waals surface area contributed by atoms with Gasteiger partial charge in [0.15, 0.2) is 0 Å². The Hall–Kier alpha value is -1.18. The van der Waals surface area contributed by atoms with E-state index in [2.05, 4.69) is 33.0 Å². The second-order valence-corrected chi connectivity index (χ2v) is 19.0. The van der Waals surface area contributed by atoms with Gasteiger partial charge in [-0.25, -0.2) is 0 Å². The van der Waals surface area contributed by atoms with Crippen LogP contribution in [0.5, 0.6) is 0 Å². The third-order valence-electron chi connectivity index (χ3n) is 11.8. The zero-order valence-electron chi connectivity index (χ0n) is 41.6. The van der Waals surface area contributed by atoms with Gasteiger partial charge in [0.2, 0.25) is 5.91 Å². The first-order valence-electron chi connectivity index (χ1n) is 26.3. The van der Waals surface area contributed by atoms with E-state index < -0.39 is 0 Å². The molecule has 0 aromatic carbocycles. The molecule has 0 bridgehead atoms. The van der Waals surface area contributed by atoms with Crippen molar-refractivity contribution in [2.45, 2.75) is 291 Å². The van der Waals surface area contributed by atoms with Gasteiger partial charge in [0.1, 0.15) is 6.10 Å². The molecule has 60 heavy (non-hydrogen) atoms. The third kappa shape index (κ3) is 49.5. The number of esters is 1. The average molecular weight is 854 g/mol. The van der Waals surface area contributed by atoms with Crippen LogP contribution in [-0.4, -0.2) is 62.2 Å². The van der Waals surface area contributed by atoms with Gasteiger partial charge in [-0.05, 0) is 51.9 Å². The summed E-state index contributed by atoms with van der Waals surface area (Å²) in [4.78, 5) is 25.4. The van der Waals surface area contributed by atoms with E-state index in [1.165, 1.54) is 193 Å². The molecule has 0 aromatic heterocycles. The molecule has 0 aliphatic rings. The summed E-state index contributed by atoms with van der Waals surface area (Å²) in [6, 6.07) is 0. The zero-order valence-corrected chi connectivity index (χ0v) is 41.6. The van der Waals surface area contributed by atoms with E-state index in [0.717, 1.165) is 45.8 Å². The summed E-state index contributed by atoms with van der Waals surface area (Å²) in [5, 5.41) is 9.89. The van der Waals surface area contributed by atoms with E-state index >= 15 is 0 Å². The molecule has 0 aliphatic carbocycles. The first-order chi connectivity index (χ1) is 29.2. The number of hydrogen-bond donors (Lipinski definition) is 2. The number of aliphatic hydroxyl groups excluding tert-OH is 1. The van der Waals surface area contributed by atoms with E-state index in [-0.39, 0.29) is 36.4 Å². The third-order valence-corrected chi connectivity index (χ3v) is 11.8. The highest BCUT2D eigenvalue weighted by atomic mass is 16.5. The molecule has 0 saturated carbocycles. The highest BCUT2D eigenvalue weighted by Crippen LogP contribution is 2.20. The summed E-state index contributed by atoms with van der Waals surface area (Å²) in [6.07, 6.45) is 46.8. The van der Waals surface area contributed by atoms with Gasteiger partial charge in [-0.15, -0.1) is 0 Å². The highest BCUT2D eigenvalue weighted by Gasteiger charge is 2.19. The van der Waals surface area contributed by atoms with Gasteiger partial charge in [-0.3, -0.25) is 9.59 Å². The topological polar surface area (TPSA) is 94.1 Å². The quantitative estimate of drug-likeness (QED) is 0.0468. The van der Waals surface area contributed by atoms with Gasteiger partial charge in [-0.1, -0.05) is 220 Å². The lowest BCUT2D eigenvalue weighted by atomic mass is 10.0. The van der Waals surface area contributed by atoms with Crippen LogP contribution in [0.15, 0.2) is 0 Å². The van der Waals surface area contributed by atoms with Crippen molar-refractivity contribution in [3.63, 3.8) is 0 Å². The summed E-state index contributed by atoms with van der Waals surface area (Å²) >= 11 is 0. The summed E-state index contributed by atoms with van der Waals surface area (Å²) in [5.74, 6) is 0.257. The van der Waals surface area contributed by atoms with Crippen molar-refractivity contribution in [1.82, 2.24) is 5.32 Å². The van der Waals surface area contributed by atoms with E-state index in [1.807, 2.05) is 13.8 Å². The fraction of sp³-hybridized carbons (Fsp3) is 0.962. The van der Waals surface area contributed by atoms with Crippen LogP contribution in [0.4, 0.5) is 0 Å². The van der Waals surface area contributed by atoms with Crippen LogP contribution in [0.3, 0.4) is 0 Å². The molecular weight excluding hydrogens is 747 g/mol. The van der Waals surface area contributed by atoms with Gasteiger partial charge in [0.05, 0.1) is 25.2 Å². The van der Waals surface area contributed by atoms with Crippen LogP contribution in [-0.2, 0) is 23.8 Å². The Morgan fingerprint density at radius 1 is 0.500 bits per heavy atom. The van der Waals surface area contributed by atoms with Gasteiger partial charge < -0.3 is 24.6 Å². The summed E-state index contributed by atoms with van der Waals surface area (Å²) < 4.78 is 17.7. The van der Waals surface area contributed by atoms with E-state index in [9.17, 15) is 9.59 Å². The van der Waals surface area contributed by atoms with Crippen molar-refractivity contribution in [2.24, 2.45) is 5.92 Å². The van der Waals surface area contributed by atoms with Crippen LogP contribution in [0.1, 0.15) is 279 Å². The number of carbonyl (C=O) groups excluding carboxylic acids is 2. The van der Waals surface area contributed by atoms with Gasteiger partial charge in [0.25, 0.3) is 0 Å². The lowest BCUT2D eigenvalue weighted by molar-refractivity contribution is -0.151. The molecule has 0 aliphatic heterocycles. The Bertz CT molecular complexity index is 828. The SMILES string of the molecule is CCCCCCCCCCCCCCCCCCC(CCCCCCCCCCCCCCCCCC)OC(=O)CCC(=O)NCCOCC(C)(C)OCCC(C)C.CO. The molecule has 1 amide bonds. The van der Waals surface area contributed by atoms with E-state index in [0.29, 0.717) is 25.7 Å². The minimum Gasteiger partial charge on any atom is -0.462 e. The van der Waals surface area contributed by atoms with Crippen LogP contribution in [0, 0.1) is 5.92 Å². The number of aliphatic hydroxyl groups is 1. The van der Waals surface area contributed by atoms with Crippen molar-refractivity contribution in [3.8, 4) is 0 Å². The molecule has 0 unspecified atom stereocenters. The van der Waals surface area contributed by atoms with Crippen molar-refractivity contribution < 1.29 is 28.9 Å². The van der Waals surface area contributed by atoms with Gasteiger partial charge >= 0.3 is 5.97 Å². The number of rotatable bonds is 47. The first-order valence-corrected chi connectivity index (χ1v) is 26.3. The maximum atomic E-state index is 12.9. The number of unbranched alkanes of at least 4 members (excludes halogenated alkanes) is 30. The molecule has 7 heteroatoms. The Balaban J connectivity index is 0. The van der Waals surface area contributed by atoms with Crippen molar-refractivity contribution in [1.29, 1.82) is 0 Å². The lowest BCUT2D eigenvalue weighted by Crippen LogP contribution is -2.34. The van der Waals surface area contributed by atoms with Gasteiger partial charge in [-0.2, -0.15) is 0 Å². The fourth-order valence-electron chi connectivity index (χ4n) is 7.84. The van der Waals surface area contributed by atoms with Crippen LogP contribution >= 0.6 is 0 Å². The molecule has 0 atom stereocenters. The predicted octanol–water partition coefficient (Wildman–Crippen LogP) is 15.6. The highest BCUT2D eigenvalue weighted by molar-refractivity contribution is 5.81. The second-order valence-electron chi connectivity index (χ2n) is 19.0. The monoisotopic (exact) mass is 854 g/mol. The van der Waals surface area contributed by atoms with Crippen molar-refractivity contribution >= 4 is 11.9 Å². The predicted molar refractivity (Wildman–Crippen MR) is 259 cm³/mol. The maximum Gasteiger partial charge on any atom is 0.306 e. The van der Waals surface area contributed by atoms with E-state index in [1.54, 1.807) is 0 Å². The normalized spacial score (nSPS) is 11.6. The summed E-state index contributed by atoms with van der Waals surface area (Å²) in [7, 11) is 1.00. The molecule has 360 valence electrons. The minimum absolute atomic E-state index is 0.0200. The number of hydrogen-bond acceptors (Lipinski definition) is 6. The molecule has 7 nitrogen and oxygen atoms in total. The number of nitrogens with one attached hydrogen (secondary N) is 1. The van der Waals surface area contributed by atoms with Crippen molar-refractivity contribution in [3.05, 3.63) is 0 Å².